The Labute approximate surface area is 99.3 Å². The predicted molar refractivity (Wildman–Crippen MR) is 70.4 cm³/mol. The van der Waals surface area contributed by atoms with E-state index in [9.17, 15) is 4.79 Å². The van der Waals surface area contributed by atoms with E-state index in [1.54, 1.807) is 18.7 Å². The smallest absolute Gasteiger partial charge is 0.186 e. The number of rotatable bonds is 4. The maximum Gasteiger partial charge on any atom is 0.186 e. The van der Waals surface area contributed by atoms with Gasteiger partial charge in [-0.05, 0) is 24.0 Å². The average Bonchev–Trinajstić information content (AvgIpc) is 2.25. The molecule has 0 aliphatic carbocycles. The van der Waals surface area contributed by atoms with Crippen LogP contribution in [0.15, 0.2) is 35.2 Å². The van der Waals surface area contributed by atoms with E-state index in [2.05, 4.69) is 30.5 Å². The third-order valence-corrected chi connectivity index (χ3v) is 3.32. The van der Waals surface area contributed by atoms with Crippen molar-refractivity contribution in [2.75, 3.05) is 12.0 Å². The summed E-state index contributed by atoms with van der Waals surface area (Å²) in [7, 11) is 0. The Morgan fingerprint density at radius 3 is 2.53 bits per heavy atom. The SMILES string of the molecule is CSc1ccc(C=CCSC(C)=O)cc1. The molecule has 0 amide bonds. The van der Waals surface area contributed by atoms with Gasteiger partial charge in [-0.3, -0.25) is 4.79 Å². The number of hydrogen-bond donors (Lipinski definition) is 0. The van der Waals surface area contributed by atoms with E-state index in [0.717, 1.165) is 5.75 Å². The summed E-state index contributed by atoms with van der Waals surface area (Å²) >= 11 is 3.07. The second-order valence-electron chi connectivity index (χ2n) is 2.98. The molecular weight excluding hydrogens is 224 g/mol. The normalized spacial score (nSPS) is 10.8. The van der Waals surface area contributed by atoms with E-state index in [4.69, 9.17) is 0 Å². The molecule has 0 N–H and O–H groups in total. The quantitative estimate of drug-likeness (QED) is 0.744. The van der Waals surface area contributed by atoms with Crippen LogP contribution in [-0.2, 0) is 4.79 Å². The molecule has 1 aromatic carbocycles. The summed E-state index contributed by atoms with van der Waals surface area (Å²) in [6, 6.07) is 8.37. The van der Waals surface area contributed by atoms with Gasteiger partial charge in [0.1, 0.15) is 0 Å². The molecule has 3 heteroatoms. The summed E-state index contributed by atoms with van der Waals surface area (Å²) in [5.74, 6) is 0.750. The van der Waals surface area contributed by atoms with Crippen LogP contribution < -0.4 is 0 Å². The largest absolute Gasteiger partial charge is 0.288 e. The van der Waals surface area contributed by atoms with Crippen molar-refractivity contribution in [2.24, 2.45) is 0 Å². The lowest BCUT2D eigenvalue weighted by molar-refractivity contribution is -0.109. The number of carbonyl (C=O) groups excluding carboxylic acids is 1. The number of thioether (sulfide) groups is 2. The molecule has 0 unspecified atom stereocenters. The summed E-state index contributed by atoms with van der Waals surface area (Å²) in [5.41, 5.74) is 1.18. The van der Waals surface area contributed by atoms with Crippen LogP contribution in [0.1, 0.15) is 12.5 Å². The Hall–Kier alpha value is -0.670. The zero-order valence-corrected chi connectivity index (χ0v) is 10.5. The lowest BCUT2D eigenvalue weighted by Crippen LogP contribution is -1.81. The van der Waals surface area contributed by atoms with Crippen molar-refractivity contribution in [3.05, 3.63) is 35.9 Å². The summed E-state index contributed by atoms with van der Waals surface area (Å²) in [5, 5.41) is 0.164. The highest BCUT2D eigenvalue weighted by atomic mass is 32.2. The molecule has 1 rings (SSSR count). The van der Waals surface area contributed by atoms with Crippen molar-refractivity contribution in [3.63, 3.8) is 0 Å². The molecule has 1 aromatic rings. The minimum Gasteiger partial charge on any atom is -0.288 e. The lowest BCUT2D eigenvalue weighted by Gasteiger charge is -1.96. The summed E-state index contributed by atoms with van der Waals surface area (Å²) in [6.45, 7) is 1.59. The molecule has 80 valence electrons. The second kappa shape index (κ2) is 6.75. The van der Waals surface area contributed by atoms with Gasteiger partial charge in [-0.25, -0.2) is 0 Å². The molecule has 0 radical (unpaired) electrons. The fraction of sp³-hybridized carbons (Fsp3) is 0.250. The third kappa shape index (κ3) is 5.09. The van der Waals surface area contributed by atoms with Crippen molar-refractivity contribution in [1.29, 1.82) is 0 Å². The van der Waals surface area contributed by atoms with Gasteiger partial charge in [0.15, 0.2) is 5.12 Å². The van der Waals surface area contributed by atoms with E-state index >= 15 is 0 Å². The van der Waals surface area contributed by atoms with Gasteiger partial charge in [-0.2, -0.15) is 0 Å². The Morgan fingerprint density at radius 1 is 1.33 bits per heavy atom. The van der Waals surface area contributed by atoms with Gasteiger partial charge in [0.05, 0.1) is 0 Å². The zero-order valence-electron chi connectivity index (χ0n) is 8.90. The van der Waals surface area contributed by atoms with Gasteiger partial charge in [-0.1, -0.05) is 36.0 Å². The first kappa shape index (κ1) is 12.4. The number of benzene rings is 1. The average molecular weight is 238 g/mol. The Kier molecular flexibility index (Phi) is 5.58. The molecule has 0 bridgehead atoms. The highest BCUT2D eigenvalue weighted by Crippen LogP contribution is 2.15. The summed E-state index contributed by atoms with van der Waals surface area (Å²) in [4.78, 5) is 11.9. The molecule has 0 saturated heterocycles. The molecule has 0 spiro atoms. The van der Waals surface area contributed by atoms with E-state index < -0.39 is 0 Å². The zero-order chi connectivity index (χ0) is 11.1. The van der Waals surface area contributed by atoms with Gasteiger partial charge in [0.2, 0.25) is 0 Å². The molecular formula is C12H14OS2. The third-order valence-electron chi connectivity index (χ3n) is 1.81. The van der Waals surface area contributed by atoms with Crippen molar-refractivity contribution in [2.45, 2.75) is 11.8 Å². The lowest BCUT2D eigenvalue weighted by atomic mass is 10.2. The first-order chi connectivity index (χ1) is 7.22. The number of hydrogen-bond acceptors (Lipinski definition) is 3. The Balaban J connectivity index is 2.46. The van der Waals surface area contributed by atoms with Crippen LogP contribution in [0.4, 0.5) is 0 Å². The molecule has 0 saturated carbocycles. The molecule has 0 heterocycles. The Bertz CT molecular complexity index is 341. The van der Waals surface area contributed by atoms with Crippen molar-refractivity contribution in [3.8, 4) is 0 Å². The molecule has 1 nitrogen and oxygen atoms in total. The monoisotopic (exact) mass is 238 g/mol. The van der Waals surface area contributed by atoms with Crippen LogP contribution in [0.25, 0.3) is 6.08 Å². The maximum absolute atomic E-state index is 10.7. The fourth-order valence-electron chi connectivity index (χ4n) is 1.06. The topological polar surface area (TPSA) is 17.1 Å². The van der Waals surface area contributed by atoms with Crippen molar-refractivity contribution >= 4 is 34.7 Å². The van der Waals surface area contributed by atoms with Crippen LogP contribution in [-0.4, -0.2) is 17.1 Å². The van der Waals surface area contributed by atoms with Gasteiger partial charge in [-0.15, -0.1) is 11.8 Å². The molecule has 0 aliphatic rings. The van der Waals surface area contributed by atoms with Gasteiger partial charge in [0, 0.05) is 17.6 Å². The van der Waals surface area contributed by atoms with E-state index in [-0.39, 0.29) is 5.12 Å². The molecule has 0 fully saturated rings. The van der Waals surface area contributed by atoms with E-state index in [1.165, 1.54) is 22.2 Å². The van der Waals surface area contributed by atoms with Gasteiger partial charge < -0.3 is 0 Å². The second-order valence-corrected chi connectivity index (χ2v) is 5.05. The highest BCUT2D eigenvalue weighted by Gasteiger charge is 1.91. The van der Waals surface area contributed by atoms with Crippen LogP contribution >= 0.6 is 23.5 Å². The van der Waals surface area contributed by atoms with Gasteiger partial charge >= 0.3 is 0 Å². The van der Waals surface area contributed by atoms with Crippen molar-refractivity contribution < 1.29 is 4.79 Å². The minimum absolute atomic E-state index is 0.164. The van der Waals surface area contributed by atoms with Crippen LogP contribution in [0, 0.1) is 0 Å². The molecule has 0 aromatic heterocycles. The van der Waals surface area contributed by atoms with E-state index in [1.807, 2.05) is 12.2 Å². The van der Waals surface area contributed by atoms with E-state index in [0.29, 0.717) is 0 Å². The standard InChI is InChI=1S/C12H14OS2/c1-10(13)15-9-3-4-11-5-7-12(14-2)8-6-11/h3-8H,9H2,1-2H3. The summed E-state index contributed by atoms with van der Waals surface area (Å²) < 4.78 is 0. The predicted octanol–water partition coefficient (Wildman–Crippen LogP) is 3.70. The van der Waals surface area contributed by atoms with Crippen LogP contribution in [0.2, 0.25) is 0 Å². The maximum atomic E-state index is 10.7. The highest BCUT2D eigenvalue weighted by molar-refractivity contribution is 8.13. The number of carbonyl (C=O) groups is 1. The Morgan fingerprint density at radius 2 is 2.00 bits per heavy atom. The summed E-state index contributed by atoms with van der Waals surface area (Å²) in [6.07, 6.45) is 6.12. The first-order valence-corrected chi connectivity index (χ1v) is 6.87. The molecule has 0 aliphatic heterocycles. The molecule has 0 atom stereocenters. The van der Waals surface area contributed by atoms with Crippen LogP contribution in [0.5, 0.6) is 0 Å². The molecule has 15 heavy (non-hydrogen) atoms. The van der Waals surface area contributed by atoms with Crippen molar-refractivity contribution in [1.82, 2.24) is 0 Å². The van der Waals surface area contributed by atoms with Gasteiger partial charge in [0.25, 0.3) is 0 Å². The minimum atomic E-state index is 0.164. The fourth-order valence-corrected chi connectivity index (χ4v) is 1.90. The first-order valence-electron chi connectivity index (χ1n) is 4.66. The van der Waals surface area contributed by atoms with Crippen LogP contribution in [0.3, 0.4) is 0 Å².